The molecule has 0 aliphatic carbocycles. The molecular formula is C14H23NO2. The number of hydrogen-bond acceptors (Lipinski definition) is 3. The Kier molecular flexibility index (Phi) is 5.45. The van der Waals surface area contributed by atoms with E-state index in [1.165, 1.54) is 0 Å². The zero-order valence-electron chi connectivity index (χ0n) is 10.9. The zero-order valence-corrected chi connectivity index (χ0v) is 10.9. The summed E-state index contributed by atoms with van der Waals surface area (Å²) in [6.45, 7) is 4.60. The van der Waals surface area contributed by atoms with E-state index < -0.39 is 6.10 Å². The minimum Gasteiger partial charge on any atom is -0.496 e. The summed E-state index contributed by atoms with van der Waals surface area (Å²) in [5.41, 5.74) is 7.67. The molecule has 1 aromatic carbocycles. The van der Waals surface area contributed by atoms with E-state index in [2.05, 4.69) is 6.92 Å². The molecule has 0 amide bonds. The summed E-state index contributed by atoms with van der Waals surface area (Å²) in [6.07, 6.45) is 1.50. The Morgan fingerprint density at radius 2 is 2.12 bits per heavy atom. The number of aliphatic hydroxyl groups excluding tert-OH is 1. The SMILES string of the molecule is CCCC(CN)C(O)c1ccc(OC)c(C)c1. The highest BCUT2D eigenvalue weighted by Crippen LogP contribution is 2.28. The summed E-state index contributed by atoms with van der Waals surface area (Å²) >= 11 is 0. The normalized spacial score (nSPS) is 14.4. The summed E-state index contributed by atoms with van der Waals surface area (Å²) in [4.78, 5) is 0. The van der Waals surface area contributed by atoms with Crippen LogP contribution in [0.15, 0.2) is 18.2 Å². The van der Waals surface area contributed by atoms with Crippen molar-refractivity contribution < 1.29 is 9.84 Å². The molecule has 3 N–H and O–H groups in total. The number of ether oxygens (including phenoxy) is 1. The zero-order chi connectivity index (χ0) is 12.8. The van der Waals surface area contributed by atoms with Gasteiger partial charge < -0.3 is 15.6 Å². The Bertz CT molecular complexity index is 352. The van der Waals surface area contributed by atoms with Gasteiger partial charge in [0.05, 0.1) is 13.2 Å². The number of nitrogens with two attached hydrogens (primary N) is 1. The van der Waals surface area contributed by atoms with Gasteiger partial charge in [0.1, 0.15) is 5.75 Å². The molecule has 0 fully saturated rings. The summed E-state index contributed by atoms with van der Waals surface area (Å²) in [6, 6.07) is 5.78. The van der Waals surface area contributed by atoms with Crippen molar-refractivity contribution in [3.8, 4) is 5.75 Å². The lowest BCUT2D eigenvalue weighted by Gasteiger charge is -2.22. The van der Waals surface area contributed by atoms with Gasteiger partial charge in [0.15, 0.2) is 0 Å². The fourth-order valence-corrected chi connectivity index (χ4v) is 2.13. The number of benzene rings is 1. The van der Waals surface area contributed by atoms with E-state index in [-0.39, 0.29) is 5.92 Å². The highest BCUT2D eigenvalue weighted by Gasteiger charge is 2.19. The van der Waals surface area contributed by atoms with E-state index in [1.54, 1.807) is 7.11 Å². The molecule has 1 rings (SSSR count). The smallest absolute Gasteiger partial charge is 0.121 e. The van der Waals surface area contributed by atoms with Crippen molar-refractivity contribution in [2.45, 2.75) is 32.8 Å². The monoisotopic (exact) mass is 237 g/mol. The van der Waals surface area contributed by atoms with Gasteiger partial charge in [-0.15, -0.1) is 0 Å². The first-order valence-electron chi connectivity index (χ1n) is 6.16. The molecule has 0 spiro atoms. The van der Waals surface area contributed by atoms with Gasteiger partial charge >= 0.3 is 0 Å². The Morgan fingerprint density at radius 1 is 1.41 bits per heavy atom. The summed E-state index contributed by atoms with van der Waals surface area (Å²) in [7, 11) is 1.65. The molecule has 2 atom stereocenters. The van der Waals surface area contributed by atoms with Crippen LogP contribution in [0.1, 0.15) is 37.0 Å². The minimum atomic E-state index is -0.482. The van der Waals surface area contributed by atoms with Crippen LogP contribution in [0.3, 0.4) is 0 Å². The molecule has 3 nitrogen and oxygen atoms in total. The van der Waals surface area contributed by atoms with Gasteiger partial charge in [-0.3, -0.25) is 0 Å². The second kappa shape index (κ2) is 6.62. The Hall–Kier alpha value is -1.06. The third kappa shape index (κ3) is 3.45. The van der Waals surface area contributed by atoms with Crippen molar-refractivity contribution in [1.82, 2.24) is 0 Å². The standard InChI is InChI=1S/C14H23NO2/c1-4-5-12(9-15)14(16)11-6-7-13(17-3)10(2)8-11/h6-8,12,14,16H,4-5,9,15H2,1-3H3. The molecule has 0 aromatic heterocycles. The predicted molar refractivity (Wildman–Crippen MR) is 70.1 cm³/mol. The highest BCUT2D eigenvalue weighted by atomic mass is 16.5. The molecule has 2 unspecified atom stereocenters. The molecule has 0 bridgehead atoms. The molecule has 3 heteroatoms. The third-order valence-electron chi connectivity index (χ3n) is 3.17. The quantitative estimate of drug-likeness (QED) is 0.799. The lowest BCUT2D eigenvalue weighted by Crippen LogP contribution is -2.22. The van der Waals surface area contributed by atoms with Crippen LogP contribution in [0.2, 0.25) is 0 Å². The molecule has 0 radical (unpaired) electrons. The summed E-state index contributed by atoms with van der Waals surface area (Å²) in [5.74, 6) is 0.980. The second-order valence-corrected chi connectivity index (χ2v) is 4.46. The predicted octanol–water partition coefficient (Wildman–Crippen LogP) is 2.41. The van der Waals surface area contributed by atoms with E-state index in [4.69, 9.17) is 10.5 Å². The van der Waals surface area contributed by atoms with Gasteiger partial charge in [0.2, 0.25) is 0 Å². The third-order valence-corrected chi connectivity index (χ3v) is 3.17. The van der Waals surface area contributed by atoms with Crippen LogP contribution in [-0.4, -0.2) is 18.8 Å². The largest absolute Gasteiger partial charge is 0.496 e. The van der Waals surface area contributed by atoms with Gasteiger partial charge in [-0.2, -0.15) is 0 Å². The summed E-state index contributed by atoms with van der Waals surface area (Å²) < 4.78 is 5.21. The maximum absolute atomic E-state index is 10.3. The second-order valence-electron chi connectivity index (χ2n) is 4.46. The van der Waals surface area contributed by atoms with Crippen molar-refractivity contribution >= 4 is 0 Å². The molecule has 96 valence electrons. The van der Waals surface area contributed by atoms with Crippen LogP contribution in [-0.2, 0) is 0 Å². The maximum atomic E-state index is 10.3. The maximum Gasteiger partial charge on any atom is 0.121 e. The highest BCUT2D eigenvalue weighted by molar-refractivity contribution is 5.37. The van der Waals surface area contributed by atoms with Gasteiger partial charge in [0, 0.05) is 5.92 Å². The van der Waals surface area contributed by atoms with Crippen LogP contribution in [0.5, 0.6) is 5.75 Å². The molecular weight excluding hydrogens is 214 g/mol. The van der Waals surface area contributed by atoms with E-state index in [0.717, 1.165) is 29.7 Å². The Morgan fingerprint density at radius 3 is 2.59 bits per heavy atom. The van der Waals surface area contributed by atoms with E-state index in [0.29, 0.717) is 6.54 Å². The molecule has 17 heavy (non-hydrogen) atoms. The van der Waals surface area contributed by atoms with Crippen LogP contribution < -0.4 is 10.5 Å². The van der Waals surface area contributed by atoms with E-state index in [1.807, 2.05) is 25.1 Å². The lowest BCUT2D eigenvalue weighted by atomic mass is 9.91. The fraction of sp³-hybridized carbons (Fsp3) is 0.571. The van der Waals surface area contributed by atoms with E-state index >= 15 is 0 Å². The van der Waals surface area contributed by atoms with Crippen molar-refractivity contribution in [2.75, 3.05) is 13.7 Å². The molecule has 0 heterocycles. The number of rotatable bonds is 6. The average molecular weight is 237 g/mol. The molecule has 1 aromatic rings. The summed E-state index contributed by atoms with van der Waals surface area (Å²) in [5, 5.41) is 10.3. The van der Waals surface area contributed by atoms with Crippen LogP contribution >= 0.6 is 0 Å². The molecule has 0 saturated heterocycles. The van der Waals surface area contributed by atoms with Gasteiger partial charge in [-0.25, -0.2) is 0 Å². The Balaban J connectivity index is 2.87. The van der Waals surface area contributed by atoms with Crippen LogP contribution in [0, 0.1) is 12.8 Å². The van der Waals surface area contributed by atoms with Gasteiger partial charge in [-0.05, 0) is 43.1 Å². The lowest BCUT2D eigenvalue weighted by molar-refractivity contribution is 0.106. The van der Waals surface area contributed by atoms with Crippen LogP contribution in [0.4, 0.5) is 0 Å². The van der Waals surface area contributed by atoms with Crippen molar-refractivity contribution in [2.24, 2.45) is 11.7 Å². The number of methoxy groups -OCH3 is 1. The topological polar surface area (TPSA) is 55.5 Å². The van der Waals surface area contributed by atoms with E-state index in [9.17, 15) is 5.11 Å². The van der Waals surface area contributed by atoms with Crippen molar-refractivity contribution in [3.05, 3.63) is 29.3 Å². The van der Waals surface area contributed by atoms with Crippen LogP contribution in [0.25, 0.3) is 0 Å². The number of aliphatic hydroxyl groups is 1. The number of hydrogen-bond donors (Lipinski definition) is 2. The first-order chi connectivity index (χ1) is 8.13. The van der Waals surface area contributed by atoms with Crippen molar-refractivity contribution in [3.63, 3.8) is 0 Å². The number of aryl methyl sites for hydroxylation is 1. The first-order valence-corrected chi connectivity index (χ1v) is 6.16. The van der Waals surface area contributed by atoms with Gasteiger partial charge in [-0.1, -0.05) is 19.4 Å². The van der Waals surface area contributed by atoms with Crippen molar-refractivity contribution in [1.29, 1.82) is 0 Å². The Labute approximate surface area is 104 Å². The molecule has 0 aliphatic heterocycles. The minimum absolute atomic E-state index is 0.132. The molecule has 0 saturated carbocycles. The van der Waals surface area contributed by atoms with Gasteiger partial charge in [0.25, 0.3) is 0 Å². The average Bonchev–Trinajstić information content (AvgIpc) is 2.35. The molecule has 0 aliphatic rings. The fourth-order valence-electron chi connectivity index (χ4n) is 2.13. The first kappa shape index (κ1) is 14.0.